The molecule has 0 radical (unpaired) electrons. The maximum atomic E-state index is 11.5. The molecule has 0 spiro atoms. The van der Waals surface area contributed by atoms with Crippen molar-refractivity contribution in [2.24, 2.45) is 0 Å². The van der Waals surface area contributed by atoms with Gasteiger partial charge in [-0.15, -0.1) is 0 Å². The lowest BCUT2D eigenvalue weighted by molar-refractivity contribution is -0.0883. The maximum Gasteiger partial charge on any atom is 0.337 e. The van der Waals surface area contributed by atoms with Crippen molar-refractivity contribution in [3.05, 3.63) is 33.8 Å². The van der Waals surface area contributed by atoms with E-state index in [0.717, 1.165) is 36.3 Å². The molecule has 1 aliphatic heterocycles. The van der Waals surface area contributed by atoms with Crippen molar-refractivity contribution in [3.63, 3.8) is 0 Å². The van der Waals surface area contributed by atoms with Crippen molar-refractivity contribution in [1.82, 2.24) is 4.90 Å². The van der Waals surface area contributed by atoms with Crippen LogP contribution in [0.25, 0.3) is 0 Å². The molecule has 0 saturated carbocycles. The summed E-state index contributed by atoms with van der Waals surface area (Å²) in [6.45, 7) is 7.63. The van der Waals surface area contributed by atoms with Crippen LogP contribution in [0.2, 0.25) is 0 Å². The molecule has 0 atom stereocenters. The number of esters is 1. The first-order valence-electron chi connectivity index (χ1n) is 6.64. The SMILES string of the molecule is COC(=O)c1ccc(CN2CCOC(C)(C)C2)c(Br)c1. The summed E-state index contributed by atoms with van der Waals surface area (Å²) in [5.74, 6) is -0.315. The molecular formula is C15H20BrNO3. The third-order valence-corrected chi connectivity index (χ3v) is 4.11. The highest BCUT2D eigenvalue weighted by atomic mass is 79.9. The Bertz CT molecular complexity index is 502. The Kier molecular flexibility index (Phi) is 4.83. The summed E-state index contributed by atoms with van der Waals surface area (Å²) in [7, 11) is 1.39. The Balaban J connectivity index is 2.08. The van der Waals surface area contributed by atoms with Gasteiger partial charge in [-0.2, -0.15) is 0 Å². The van der Waals surface area contributed by atoms with Gasteiger partial charge in [0.2, 0.25) is 0 Å². The number of rotatable bonds is 3. The normalized spacial score (nSPS) is 18.8. The minimum atomic E-state index is -0.315. The molecule has 1 aliphatic rings. The summed E-state index contributed by atoms with van der Waals surface area (Å²) in [4.78, 5) is 13.8. The van der Waals surface area contributed by atoms with E-state index in [1.165, 1.54) is 7.11 Å². The molecule has 1 aromatic carbocycles. The van der Waals surface area contributed by atoms with Gasteiger partial charge in [0, 0.05) is 24.1 Å². The highest BCUT2D eigenvalue weighted by Gasteiger charge is 2.27. The number of morpholine rings is 1. The van der Waals surface area contributed by atoms with Crippen molar-refractivity contribution in [2.45, 2.75) is 26.0 Å². The van der Waals surface area contributed by atoms with E-state index < -0.39 is 0 Å². The average Bonchev–Trinajstić information content (AvgIpc) is 2.39. The number of benzene rings is 1. The number of carbonyl (C=O) groups excluding carboxylic acids is 1. The molecule has 0 bridgehead atoms. The third-order valence-electron chi connectivity index (χ3n) is 3.37. The van der Waals surface area contributed by atoms with E-state index in [2.05, 4.69) is 34.7 Å². The summed E-state index contributed by atoms with van der Waals surface area (Å²) >= 11 is 3.53. The number of nitrogens with zero attached hydrogens (tertiary/aromatic N) is 1. The van der Waals surface area contributed by atoms with E-state index in [-0.39, 0.29) is 11.6 Å². The van der Waals surface area contributed by atoms with Crippen LogP contribution in [0.4, 0.5) is 0 Å². The Labute approximate surface area is 128 Å². The number of hydrogen-bond acceptors (Lipinski definition) is 4. The lowest BCUT2D eigenvalue weighted by Gasteiger charge is -2.38. The van der Waals surface area contributed by atoms with Crippen LogP contribution >= 0.6 is 15.9 Å². The van der Waals surface area contributed by atoms with E-state index in [1.54, 1.807) is 6.07 Å². The maximum absolute atomic E-state index is 11.5. The van der Waals surface area contributed by atoms with Gasteiger partial charge in [-0.1, -0.05) is 22.0 Å². The van der Waals surface area contributed by atoms with Gasteiger partial charge >= 0.3 is 5.97 Å². The fourth-order valence-electron chi connectivity index (χ4n) is 2.41. The van der Waals surface area contributed by atoms with E-state index in [9.17, 15) is 4.79 Å². The van der Waals surface area contributed by atoms with Crippen LogP contribution in [-0.4, -0.2) is 43.3 Å². The molecule has 1 fully saturated rings. The van der Waals surface area contributed by atoms with Gasteiger partial charge in [0.05, 0.1) is 24.9 Å². The molecular weight excluding hydrogens is 322 g/mol. The highest BCUT2D eigenvalue weighted by molar-refractivity contribution is 9.10. The van der Waals surface area contributed by atoms with Gasteiger partial charge in [0.25, 0.3) is 0 Å². The Morgan fingerprint density at radius 2 is 2.25 bits per heavy atom. The Morgan fingerprint density at radius 1 is 1.50 bits per heavy atom. The van der Waals surface area contributed by atoms with Gasteiger partial charge in [-0.3, -0.25) is 4.90 Å². The van der Waals surface area contributed by atoms with Crippen molar-refractivity contribution < 1.29 is 14.3 Å². The predicted octanol–water partition coefficient (Wildman–Crippen LogP) is 2.85. The molecule has 1 saturated heterocycles. The van der Waals surface area contributed by atoms with Crippen LogP contribution in [0.15, 0.2) is 22.7 Å². The molecule has 110 valence electrons. The number of carbonyl (C=O) groups is 1. The largest absolute Gasteiger partial charge is 0.465 e. The zero-order chi connectivity index (χ0) is 14.8. The first kappa shape index (κ1) is 15.5. The number of hydrogen-bond donors (Lipinski definition) is 0. The second-order valence-corrected chi connectivity index (χ2v) is 6.47. The second kappa shape index (κ2) is 6.24. The van der Waals surface area contributed by atoms with Crippen molar-refractivity contribution in [2.75, 3.05) is 26.8 Å². The minimum absolute atomic E-state index is 0.101. The van der Waals surface area contributed by atoms with Gasteiger partial charge in [0.15, 0.2) is 0 Å². The fourth-order valence-corrected chi connectivity index (χ4v) is 2.91. The van der Waals surface area contributed by atoms with Crippen LogP contribution in [-0.2, 0) is 16.0 Å². The summed E-state index contributed by atoms with van der Waals surface area (Å²) in [6, 6.07) is 5.59. The first-order valence-corrected chi connectivity index (χ1v) is 7.44. The quantitative estimate of drug-likeness (QED) is 0.792. The smallest absolute Gasteiger partial charge is 0.337 e. The Morgan fingerprint density at radius 3 is 2.85 bits per heavy atom. The van der Waals surface area contributed by atoms with Crippen LogP contribution < -0.4 is 0 Å². The molecule has 20 heavy (non-hydrogen) atoms. The molecule has 0 unspecified atom stereocenters. The molecule has 0 amide bonds. The average molecular weight is 342 g/mol. The van der Waals surface area contributed by atoms with E-state index >= 15 is 0 Å². The van der Waals surface area contributed by atoms with Crippen molar-refractivity contribution >= 4 is 21.9 Å². The first-order chi connectivity index (χ1) is 9.41. The van der Waals surface area contributed by atoms with Crippen molar-refractivity contribution in [1.29, 1.82) is 0 Å². The van der Waals surface area contributed by atoms with Gasteiger partial charge in [-0.05, 0) is 31.5 Å². The second-order valence-electron chi connectivity index (χ2n) is 5.62. The van der Waals surface area contributed by atoms with Crippen LogP contribution in [0, 0.1) is 0 Å². The zero-order valence-corrected chi connectivity index (χ0v) is 13.7. The highest BCUT2D eigenvalue weighted by Crippen LogP contribution is 2.23. The van der Waals surface area contributed by atoms with Gasteiger partial charge < -0.3 is 9.47 Å². The van der Waals surface area contributed by atoms with Crippen LogP contribution in [0.3, 0.4) is 0 Å². The zero-order valence-electron chi connectivity index (χ0n) is 12.1. The lowest BCUT2D eigenvalue weighted by Crippen LogP contribution is -2.47. The molecule has 2 rings (SSSR count). The summed E-state index contributed by atoms with van der Waals surface area (Å²) in [5.41, 5.74) is 1.62. The topological polar surface area (TPSA) is 38.8 Å². The monoisotopic (exact) mass is 341 g/mol. The van der Waals surface area contributed by atoms with Crippen LogP contribution in [0.5, 0.6) is 0 Å². The molecule has 0 N–H and O–H groups in total. The Hall–Kier alpha value is -0.910. The summed E-state index contributed by atoms with van der Waals surface area (Å²) in [5, 5.41) is 0. The van der Waals surface area contributed by atoms with E-state index in [0.29, 0.717) is 5.56 Å². The molecule has 4 nitrogen and oxygen atoms in total. The minimum Gasteiger partial charge on any atom is -0.465 e. The molecule has 5 heteroatoms. The molecule has 0 aromatic heterocycles. The number of halogens is 1. The lowest BCUT2D eigenvalue weighted by atomic mass is 10.1. The molecule has 1 heterocycles. The number of methoxy groups -OCH3 is 1. The molecule has 0 aliphatic carbocycles. The third kappa shape index (κ3) is 3.81. The van der Waals surface area contributed by atoms with Gasteiger partial charge in [0.1, 0.15) is 0 Å². The summed E-state index contributed by atoms with van der Waals surface area (Å²) in [6.07, 6.45) is 0. The van der Waals surface area contributed by atoms with E-state index in [4.69, 9.17) is 9.47 Å². The van der Waals surface area contributed by atoms with Crippen LogP contribution in [0.1, 0.15) is 29.8 Å². The van der Waals surface area contributed by atoms with Gasteiger partial charge in [-0.25, -0.2) is 4.79 Å². The fraction of sp³-hybridized carbons (Fsp3) is 0.533. The van der Waals surface area contributed by atoms with Crippen molar-refractivity contribution in [3.8, 4) is 0 Å². The standard InChI is InChI=1S/C15H20BrNO3/c1-15(2)10-17(6-7-20-15)9-12-5-4-11(8-13(12)16)14(18)19-3/h4-5,8H,6-7,9-10H2,1-3H3. The summed E-state index contributed by atoms with van der Waals surface area (Å²) < 4.78 is 11.4. The number of ether oxygens (including phenoxy) is 2. The molecule has 1 aromatic rings. The predicted molar refractivity (Wildman–Crippen MR) is 80.8 cm³/mol. The van der Waals surface area contributed by atoms with E-state index in [1.807, 2.05) is 12.1 Å².